The molecule has 4 aromatic rings. The van der Waals surface area contributed by atoms with E-state index in [1.165, 1.54) is 0 Å². The number of nitrogen functional groups attached to an aromatic ring is 1. The summed E-state index contributed by atoms with van der Waals surface area (Å²) in [5.41, 5.74) is 4.95. The molecule has 0 aliphatic carbocycles. The van der Waals surface area contributed by atoms with Crippen LogP contribution in [0.4, 0.5) is 17.5 Å². The molecule has 0 bridgehead atoms. The first-order valence-corrected chi connectivity index (χ1v) is 14.8. The lowest BCUT2D eigenvalue weighted by atomic mass is 9.93. The van der Waals surface area contributed by atoms with Crippen molar-refractivity contribution in [1.29, 1.82) is 0 Å². The minimum Gasteiger partial charge on any atom is -0.459 e. The van der Waals surface area contributed by atoms with Crippen LogP contribution >= 0.6 is 11.6 Å². The molecule has 6 rings (SSSR count). The van der Waals surface area contributed by atoms with Crippen LogP contribution in [0, 0.1) is 12.3 Å². The van der Waals surface area contributed by atoms with Crippen molar-refractivity contribution in [3.05, 3.63) is 113 Å². The zero-order valence-electron chi connectivity index (χ0n) is 25.0. The summed E-state index contributed by atoms with van der Waals surface area (Å²) in [5.74, 6) is 0.452. The van der Waals surface area contributed by atoms with E-state index in [-0.39, 0.29) is 40.3 Å². The second-order valence-electron chi connectivity index (χ2n) is 10.7. The molecule has 0 radical (unpaired) electrons. The second kappa shape index (κ2) is 13.0. The van der Waals surface area contributed by atoms with Gasteiger partial charge in [-0.05, 0) is 36.4 Å². The Labute approximate surface area is 275 Å². The largest absolute Gasteiger partial charge is 0.459 e. The van der Waals surface area contributed by atoms with Gasteiger partial charge in [-0.3, -0.25) is 0 Å². The number of benzene rings is 3. The number of ether oxygens (including phenoxy) is 4. The third kappa shape index (κ3) is 6.02. The van der Waals surface area contributed by atoms with E-state index < -0.39 is 48.6 Å². The highest BCUT2D eigenvalue weighted by Crippen LogP contribution is 2.46. The number of hydrogen-bond acceptors (Lipinski definition) is 12. The lowest BCUT2D eigenvalue weighted by molar-refractivity contribution is -0.0663. The summed E-state index contributed by atoms with van der Waals surface area (Å²) in [6.45, 7) is -0.341. The molecular weight excluding hydrogens is 626 g/mol. The molecule has 1 fully saturated rings. The number of esters is 3. The smallest absolute Gasteiger partial charge is 0.339 e. The molecule has 2 aliphatic rings. The summed E-state index contributed by atoms with van der Waals surface area (Å²) in [6, 6.07) is 24.7. The van der Waals surface area contributed by atoms with Gasteiger partial charge in [-0.25, -0.2) is 14.4 Å². The highest BCUT2D eigenvalue weighted by molar-refractivity contribution is 6.33. The van der Waals surface area contributed by atoms with E-state index in [0.717, 1.165) is 0 Å². The van der Waals surface area contributed by atoms with Crippen molar-refractivity contribution in [2.75, 3.05) is 35.9 Å². The SMILES string of the molecule is C#C[C@@]1(OC(=O)c2ccccc2)[C@H](OC(=O)c2ccccc2)[C@@H](COC(=O)c2ccccc2)O[C@H]1N1CN(C)c2c(Cl)nc(N)nc21. The molecule has 0 amide bonds. The Morgan fingerprint density at radius 2 is 1.49 bits per heavy atom. The standard InChI is InChI=1S/C34H28ClN5O7/c1-3-34(47-31(43)23-17-11-6-12-18-23)26(46-30(42)22-15-9-5-10-16-22)24(19-44-29(41)21-13-7-4-8-14-21)45-32(34)40-20-39(2)25-27(35)37-33(36)38-28(25)40/h1,4-18,24,26,32H,19-20H2,2H3,(H2,36,37,38)/t24-,26-,32-,34-/m1/s1. The molecule has 3 heterocycles. The molecule has 0 spiro atoms. The Hall–Kier alpha value is -5.64. The van der Waals surface area contributed by atoms with Crippen molar-refractivity contribution in [2.45, 2.75) is 24.0 Å². The zero-order valence-corrected chi connectivity index (χ0v) is 25.7. The van der Waals surface area contributed by atoms with Gasteiger partial charge in [-0.1, -0.05) is 72.1 Å². The predicted octanol–water partition coefficient (Wildman–Crippen LogP) is 3.96. The van der Waals surface area contributed by atoms with Gasteiger partial charge >= 0.3 is 17.9 Å². The highest BCUT2D eigenvalue weighted by atomic mass is 35.5. The second-order valence-corrected chi connectivity index (χ2v) is 11.1. The summed E-state index contributed by atoms with van der Waals surface area (Å²) in [7, 11) is 1.73. The molecule has 3 aromatic carbocycles. The summed E-state index contributed by atoms with van der Waals surface area (Å²) in [5, 5.41) is 0.0727. The van der Waals surface area contributed by atoms with E-state index in [9.17, 15) is 14.4 Å². The first-order chi connectivity index (χ1) is 22.7. The van der Waals surface area contributed by atoms with Gasteiger partial charge in [-0.2, -0.15) is 9.97 Å². The molecule has 1 aromatic heterocycles. The number of rotatable bonds is 8. The summed E-state index contributed by atoms with van der Waals surface area (Å²) >= 11 is 6.46. The van der Waals surface area contributed by atoms with Crippen molar-refractivity contribution >= 4 is 47.0 Å². The minimum atomic E-state index is -2.12. The lowest BCUT2D eigenvalue weighted by Crippen LogP contribution is -2.58. The normalized spacial score (nSPS) is 21.4. The molecule has 0 unspecified atom stereocenters. The molecule has 4 atom stereocenters. The quantitative estimate of drug-likeness (QED) is 0.127. The molecule has 238 valence electrons. The molecule has 1 saturated heterocycles. The average molecular weight is 654 g/mol. The van der Waals surface area contributed by atoms with Crippen LogP contribution in [0.15, 0.2) is 91.0 Å². The number of carbonyl (C=O) groups excluding carboxylic acids is 3. The number of hydrogen-bond donors (Lipinski definition) is 1. The minimum absolute atomic E-state index is 0.0727. The monoisotopic (exact) mass is 653 g/mol. The van der Waals surface area contributed by atoms with E-state index in [1.807, 2.05) is 0 Å². The van der Waals surface area contributed by atoms with Crippen molar-refractivity contribution in [3.8, 4) is 12.3 Å². The van der Waals surface area contributed by atoms with Gasteiger partial charge in [0.15, 0.2) is 23.3 Å². The molecular formula is C34H28ClN5O7. The van der Waals surface area contributed by atoms with Crippen LogP contribution in [0.25, 0.3) is 0 Å². The number of halogens is 1. The van der Waals surface area contributed by atoms with Gasteiger partial charge in [0.2, 0.25) is 5.95 Å². The maximum Gasteiger partial charge on any atom is 0.339 e. The Balaban J connectivity index is 1.44. The maximum atomic E-state index is 13.7. The van der Waals surface area contributed by atoms with Crippen LogP contribution in [0.1, 0.15) is 31.1 Å². The first kappa shape index (κ1) is 31.3. The van der Waals surface area contributed by atoms with Crippen LogP contribution < -0.4 is 15.5 Å². The number of aromatic nitrogens is 2. The molecule has 0 saturated carbocycles. The lowest BCUT2D eigenvalue weighted by Gasteiger charge is -2.37. The van der Waals surface area contributed by atoms with Gasteiger partial charge in [0.25, 0.3) is 5.60 Å². The van der Waals surface area contributed by atoms with Crippen LogP contribution in [0.2, 0.25) is 5.15 Å². The van der Waals surface area contributed by atoms with Gasteiger partial charge < -0.3 is 34.5 Å². The molecule has 2 N–H and O–H groups in total. The number of fused-ring (bicyclic) bond motifs is 1. The molecule has 12 nitrogen and oxygen atoms in total. The van der Waals surface area contributed by atoms with Crippen molar-refractivity contribution in [2.24, 2.45) is 0 Å². The number of anilines is 3. The summed E-state index contributed by atoms with van der Waals surface area (Å²) < 4.78 is 24.3. The van der Waals surface area contributed by atoms with E-state index in [0.29, 0.717) is 5.69 Å². The number of nitrogens with two attached hydrogens (primary N) is 1. The third-order valence-electron chi connectivity index (χ3n) is 7.70. The number of carbonyl (C=O) groups is 3. The Bertz CT molecular complexity index is 1840. The zero-order chi connectivity index (χ0) is 33.1. The van der Waals surface area contributed by atoms with Crippen LogP contribution in [0.3, 0.4) is 0 Å². The maximum absolute atomic E-state index is 13.7. The Morgan fingerprint density at radius 1 is 0.936 bits per heavy atom. The van der Waals surface area contributed by atoms with E-state index in [1.54, 1.807) is 108 Å². The van der Waals surface area contributed by atoms with Gasteiger partial charge in [0.05, 0.1) is 23.4 Å². The summed E-state index contributed by atoms with van der Waals surface area (Å²) in [6.07, 6.45) is 2.21. The fourth-order valence-electron chi connectivity index (χ4n) is 5.51. The van der Waals surface area contributed by atoms with Crippen LogP contribution in [-0.2, 0) is 18.9 Å². The summed E-state index contributed by atoms with van der Waals surface area (Å²) in [4.78, 5) is 52.0. The van der Waals surface area contributed by atoms with Crippen molar-refractivity contribution < 1.29 is 33.3 Å². The van der Waals surface area contributed by atoms with Gasteiger partial charge in [0, 0.05) is 7.05 Å². The first-order valence-electron chi connectivity index (χ1n) is 14.4. The van der Waals surface area contributed by atoms with Crippen LogP contribution in [-0.4, -0.2) is 72.2 Å². The fraction of sp³-hybridized carbons (Fsp3) is 0.206. The topological polar surface area (TPSA) is 146 Å². The number of terminal acetylenes is 1. The van der Waals surface area contributed by atoms with Crippen molar-refractivity contribution in [3.63, 3.8) is 0 Å². The van der Waals surface area contributed by atoms with Crippen LogP contribution in [0.5, 0.6) is 0 Å². The third-order valence-corrected chi connectivity index (χ3v) is 7.96. The van der Waals surface area contributed by atoms with Gasteiger partial charge in [-0.15, -0.1) is 6.42 Å². The Morgan fingerprint density at radius 3 is 2.06 bits per heavy atom. The van der Waals surface area contributed by atoms with Crippen molar-refractivity contribution in [1.82, 2.24) is 9.97 Å². The Kier molecular flexibility index (Phi) is 8.67. The molecule has 47 heavy (non-hydrogen) atoms. The average Bonchev–Trinajstić information content (AvgIpc) is 3.57. The molecule has 2 aliphatic heterocycles. The predicted molar refractivity (Wildman–Crippen MR) is 172 cm³/mol. The molecule has 13 heteroatoms. The highest BCUT2D eigenvalue weighted by Gasteiger charge is 2.65. The fourth-order valence-corrected chi connectivity index (χ4v) is 5.83. The van der Waals surface area contributed by atoms with E-state index in [4.69, 9.17) is 42.7 Å². The van der Waals surface area contributed by atoms with E-state index in [2.05, 4.69) is 15.9 Å². The number of nitrogens with zero attached hydrogens (tertiary/aromatic N) is 4. The van der Waals surface area contributed by atoms with Gasteiger partial charge in [0.1, 0.15) is 18.4 Å². The van der Waals surface area contributed by atoms with E-state index >= 15 is 0 Å².